The Morgan fingerprint density at radius 1 is 1.38 bits per heavy atom. The van der Waals surface area contributed by atoms with E-state index in [2.05, 4.69) is 11.8 Å². The van der Waals surface area contributed by atoms with E-state index >= 15 is 0 Å². The minimum atomic E-state index is 0.672. The first kappa shape index (κ1) is 11.7. The van der Waals surface area contributed by atoms with Crippen LogP contribution in [0.15, 0.2) is 0 Å². The molecule has 0 radical (unpaired) electrons. The summed E-state index contributed by atoms with van der Waals surface area (Å²) in [7, 11) is 0. The highest BCUT2D eigenvalue weighted by Crippen LogP contribution is 2.12. The molecule has 0 aromatic carbocycles. The van der Waals surface area contributed by atoms with E-state index in [9.17, 15) is 0 Å². The smallest absolute Gasteiger partial charge is 0.0257 e. The molecule has 13 heavy (non-hydrogen) atoms. The van der Waals surface area contributed by atoms with E-state index < -0.39 is 0 Å². The number of hydrogen-bond donors (Lipinski definition) is 0. The van der Waals surface area contributed by atoms with Gasteiger partial charge in [-0.15, -0.1) is 11.6 Å². The zero-order valence-corrected chi connectivity index (χ0v) is 10.0. The van der Waals surface area contributed by atoms with Gasteiger partial charge in [-0.1, -0.05) is 6.92 Å². The van der Waals surface area contributed by atoms with E-state index in [4.69, 9.17) is 11.6 Å². The number of likely N-dealkylation sites (tertiary alicyclic amines) is 1. The van der Waals surface area contributed by atoms with Crippen LogP contribution in [0.5, 0.6) is 0 Å². The molecule has 1 atom stereocenters. The molecule has 1 saturated heterocycles. The molecular weight excluding hydrogens is 202 g/mol. The molecule has 0 bridgehead atoms. The Kier molecular flexibility index (Phi) is 6.26. The Hall–Kier alpha value is 0.600. The van der Waals surface area contributed by atoms with Gasteiger partial charge in [0.2, 0.25) is 0 Å². The van der Waals surface area contributed by atoms with E-state index in [0.29, 0.717) is 5.92 Å². The van der Waals surface area contributed by atoms with Gasteiger partial charge in [-0.3, -0.25) is 0 Å². The van der Waals surface area contributed by atoms with Crippen molar-refractivity contribution < 1.29 is 0 Å². The van der Waals surface area contributed by atoms with Gasteiger partial charge < -0.3 is 4.90 Å². The second-order valence-electron chi connectivity index (χ2n) is 3.88. The Bertz CT molecular complexity index is 126. The first-order chi connectivity index (χ1) is 6.33. The van der Waals surface area contributed by atoms with Crippen molar-refractivity contribution >= 4 is 23.4 Å². The van der Waals surface area contributed by atoms with Gasteiger partial charge in [0.15, 0.2) is 0 Å². The summed E-state index contributed by atoms with van der Waals surface area (Å²) in [5.74, 6) is 3.97. The summed E-state index contributed by atoms with van der Waals surface area (Å²) in [6.45, 7) is 6.15. The number of rotatable bonds is 6. The van der Waals surface area contributed by atoms with Crippen molar-refractivity contribution in [2.24, 2.45) is 5.92 Å². The van der Waals surface area contributed by atoms with Crippen molar-refractivity contribution in [2.75, 3.05) is 37.0 Å². The summed E-state index contributed by atoms with van der Waals surface area (Å²) in [5, 5.41) is 0. The quantitative estimate of drug-likeness (QED) is 0.501. The molecule has 1 unspecified atom stereocenters. The van der Waals surface area contributed by atoms with Crippen LogP contribution in [0, 0.1) is 5.92 Å². The van der Waals surface area contributed by atoms with Crippen LogP contribution in [0.3, 0.4) is 0 Å². The average Bonchev–Trinajstić information content (AvgIpc) is 2.64. The first-order valence-electron chi connectivity index (χ1n) is 5.19. The third-order valence-corrected chi connectivity index (χ3v) is 4.22. The maximum absolute atomic E-state index is 5.73. The lowest BCUT2D eigenvalue weighted by atomic mass is 10.3. The number of hydrogen-bond acceptors (Lipinski definition) is 2. The van der Waals surface area contributed by atoms with E-state index in [1.807, 2.05) is 11.8 Å². The molecule has 0 aliphatic carbocycles. The molecule has 0 amide bonds. The molecule has 0 saturated carbocycles. The Morgan fingerprint density at radius 3 is 2.69 bits per heavy atom. The zero-order valence-electron chi connectivity index (χ0n) is 8.47. The van der Waals surface area contributed by atoms with Crippen molar-refractivity contribution in [3.63, 3.8) is 0 Å². The second kappa shape index (κ2) is 6.97. The highest BCUT2D eigenvalue weighted by molar-refractivity contribution is 7.99. The van der Waals surface area contributed by atoms with E-state index in [-0.39, 0.29) is 0 Å². The highest BCUT2D eigenvalue weighted by Gasteiger charge is 2.10. The highest BCUT2D eigenvalue weighted by atomic mass is 35.5. The molecule has 1 nitrogen and oxygen atoms in total. The molecule has 1 aliphatic rings. The van der Waals surface area contributed by atoms with Crippen LogP contribution in [0.1, 0.15) is 19.8 Å². The molecule has 78 valence electrons. The number of nitrogens with zero attached hydrogens (tertiary/aromatic N) is 1. The molecule has 3 heteroatoms. The fourth-order valence-electron chi connectivity index (χ4n) is 1.53. The maximum Gasteiger partial charge on any atom is 0.0257 e. The van der Waals surface area contributed by atoms with Gasteiger partial charge in [0.05, 0.1) is 0 Å². The van der Waals surface area contributed by atoms with Gasteiger partial charge >= 0.3 is 0 Å². The number of thioether (sulfide) groups is 1. The van der Waals surface area contributed by atoms with Crippen molar-refractivity contribution in [1.29, 1.82) is 0 Å². The van der Waals surface area contributed by atoms with Crippen LogP contribution in [-0.4, -0.2) is 41.9 Å². The minimum absolute atomic E-state index is 0.672. The molecule has 0 N–H and O–H groups in total. The van der Waals surface area contributed by atoms with Crippen LogP contribution in [-0.2, 0) is 0 Å². The molecule has 0 aromatic heterocycles. The van der Waals surface area contributed by atoms with Crippen LogP contribution in [0.2, 0.25) is 0 Å². The van der Waals surface area contributed by atoms with E-state index in [0.717, 1.165) is 5.88 Å². The number of halogens is 1. The fraction of sp³-hybridized carbons (Fsp3) is 1.00. The average molecular weight is 222 g/mol. The molecule has 1 heterocycles. The zero-order chi connectivity index (χ0) is 9.52. The molecular formula is C10H20ClNS. The first-order valence-corrected chi connectivity index (χ1v) is 6.88. The predicted molar refractivity (Wildman–Crippen MR) is 62.9 cm³/mol. The van der Waals surface area contributed by atoms with Gasteiger partial charge in [-0.2, -0.15) is 11.8 Å². The Labute approximate surface area is 91.2 Å². The Balaban J connectivity index is 1.88. The lowest BCUT2D eigenvalue weighted by Gasteiger charge is -2.14. The largest absolute Gasteiger partial charge is 0.303 e. The van der Waals surface area contributed by atoms with Crippen molar-refractivity contribution in [3.05, 3.63) is 0 Å². The molecule has 0 aromatic rings. The maximum atomic E-state index is 5.73. The van der Waals surface area contributed by atoms with Gasteiger partial charge in [0, 0.05) is 18.2 Å². The normalized spacial score (nSPS) is 20.8. The van der Waals surface area contributed by atoms with Crippen molar-refractivity contribution in [3.8, 4) is 0 Å². The summed E-state index contributed by atoms with van der Waals surface area (Å²) < 4.78 is 0. The third kappa shape index (κ3) is 5.14. The third-order valence-electron chi connectivity index (χ3n) is 2.42. The SMILES string of the molecule is CC(CCl)CSCCN1CCCC1. The van der Waals surface area contributed by atoms with Gasteiger partial charge in [0.1, 0.15) is 0 Å². The lowest BCUT2D eigenvalue weighted by molar-refractivity contribution is 0.362. The van der Waals surface area contributed by atoms with Crippen LogP contribution in [0.4, 0.5) is 0 Å². The van der Waals surface area contributed by atoms with Crippen molar-refractivity contribution in [2.45, 2.75) is 19.8 Å². The van der Waals surface area contributed by atoms with Gasteiger partial charge in [0.25, 0.3) is 0 Å². The lowest BCUT2D eigenvalue weighted by Crippen LogP contribution is -2.22. The summed E-state index contributed by atoms with van der Waals surface area (Å²) in [4.78, 5) is 2.57. The molecule has 0 spiro atoms. The molecule has 1 rings (SSSR count). The minimum Gasteiger partial charge on any atom is -0.303 e. The summed E-state index contributed by atoms with van der Waals surface area (Å²) in [6, 6.07) is 0. The summed E-state index contributed by atoms with van der Waals surface area (Å²) in [6.07, 6.45) is 2.81. The predicted octanol–water partition coefficient (Wildman–Crippen LogP) is 2.69. The fourth-order valence-corrected chi connectivity index (χ4v) is 2.84. The van der Waals surface area contributed by atoms with Gasteiger partial charge in [-0.05, 0) is 37.6 Å². The second-order valence-corrected chi connectivity index (χ2v) is 5.34. The monoisotopic (exact) mass is 221 g/mol. The van der Waals surface area contributed by atoms with Crippen LogP contribution < -0.4 is 0 Å². The van der Waals surface area contributed by atoms with E-state index in [1.165, 1.54) is 44.0 Å². The topological polar surface area (TPSA) is 3.24 Å². The Morgan fingerprint density at radius 2 is 2.08 bits per heavy atom. The summed E-state index contributed by atoms with van der Waals surface area (Å²) >= 11 is 7.78. The van der Waals surface area contributed by atoms with Gasteiger partial charge in [-0.25, -0.2) is 0 Å². The number of alkyl halides is 1. The van der Waals surface area contributed by atoms with E-state index in [1.54, 1.807) is 0 Å². The van der Waals surface area contributed by atoms with Crippen LogP contribution >= 0.6 is 23.4 Å². The molecule has 1 aliphatic heterocycles. The van der Waals surface area contributed by atoms with Crippen LogP contribution in [0.25, 0.3) is 0 Å². The summed E-state index contributed by atoms with van der Waals surface area (Å²) in [5.41, 5.74) is 0. The standard InChI is InChI=1S/C10H20ClNS/c1-10(8-11)9-13-7-6-12-4-2-3-5-12/h10H,2-9H2,1H3. The van der Waals surface area contributed by atoms with Crippen molar-refractivity contribution in [1.82, 2.24) is 4.90 Å². The molecule has 1 fully saturated rings.